The van der Waals surface area contributed by atoms with E-state index in [1.165, 1.54) is 11.1 Å². The molecule has 0 bridgehead atoms. The average molecular weight is 270 g/mol. The quantitative estimate of drug-likeness (QED) is 0.867. The SMILES string of the molecule is CCNc1cc(Nc2ccc(C)cc2C)nc(CC)n1. The number of aryl methyl sites for hydroxylation is 3. The molecule has 0 saturated carbocycles. The minimum Gasteiger partial charge on any atom is -0.370 e. The van der Waals surface area contributed by atoms with Crippen LogP contribution in [-0.2, 0) is 6.42 Å². The zero-order valence-corrected chi connectivity index (χ0v) is 12.6. The molecule has 0 unspecified atom stereocenters. The maximum Gasteiger partial charge on any atom is 0.136 e. The average Bonchev–Trinajstić information content (AvgIpc) is 2.42. The number of anilines is 3. The maximum absolute atomic E-state index is 4.53. The molecule has 0 atom stereocenters. The molecule has 0 radical (unpaired) electrons. The molecule has 20 heavy (non-hydrogen) atoms. The van der Waals surface area contributed by atoms with Gasteiger partial charge >= 0.3 is 0 Å². The molecular formula is C16H22N4. The minimum absolute atomic E-state index is 0.820. The highest BCUT2D eigenvalue weighted by atomic mass is 15.1. The third-order valence-electron chi connectivity index (χ3n) is 3.09. The molecule has 4 nitrogen and oxygen atoms in total. The molecule has 106 valence electrons. The van der Waals surface area contributed by atoms with Gasteiger partial charge in [0.2, 0.25) is 0 Å². The van der Waals surface area contributed by atoms with Crippen molar-refractivity contribution in [2.24, 2.45) is 0 Å². The first-order valence-corrected chi connectivity index (χ1v) is 7.08. The molecule has 1 aromatic heterocycles. The first-order valence-electron chi connectivity index (χ1n) is 7.08. The van der Waals surface area contributed by atoms with Gasteiger partial charge in [-0.2, -0.15) is 0 Å². The zero-order chi connectivity index (χ0) is 14.5. The van der Waals surface area contributed by atoms with Crippen LogP contribution in [0.1, 0.15) is 30.8 Å². The largest absolute Gasteiger partial charge is 0.370 e. The van der Waals surface area contributed by atoms with E-state index >= 15 is 0 Å². The van der Waals surface area contributed by atoms with Gasteiger partial charge in [-0.1, -0.05) is 24.6 Å². The summed E-state index contributed by atoms with van der Waals surface area (Å²) in [4.78, 5) is 8.99. The van der Waals surface area contributed by atoms with Crippen molar-refractivity contribution in [3.8, 4) is 0 Å². The lowest BCUT2D eigenvalue weighted by molar-refractivity contribution is 0.939. The Bertz CT molecular complexity index is 593. The Morgan fingerprint density at radius 2 is 1.75 bits per heavy atom. The number of rotatable bonds is 5. The number of benzene rings is 1. The molecule has 1 aromatic carbocycles. The Labute approximate surface area is 120 Å². The second-order valence-electron chi connectivity index (χ2n) is 4.88. The third-order valence-corrected chi connectivity index (χ3v) is 3.09. The zero-order valence-electron chi connectivity index (χ0n) is 12.6. The van der Waals surface area contributed by atoms with E-state index in [-0.39, 0.29) is 0 Å². The van der Waals surface area contributed by atoms with E-state index in [1.54, 1.807) is 0 Å². The predicted octanol–water partition coefficient (Wildman–Crippen LogP) is 3.83. The summed E-state index contributed by atoms with van der Waals surface area (Å²) >= 11 is 0. The van der Waals surface area contributed by atoms with Crippen LogP contribution < -0.4 is 10.6 Å². The van der Waals surface area contributed by atoms with Gasteiger partial charge < -0.3 is 10.6 Å². The van der Waals surface area contributed by atoms with Gasteiger partial charge in [0, 0.05) is 24.7 Å². The van der Waals surface area contributed by atoms with Gasteiger partial charge in [-0.15, -0.1) is 0 Å². The molecule has 0 fully saturated rings. The lowest BCUT2D eigenvalue weighted by Gasteiger charge is -2.12. The maximum atomic E-state index is 4.53. The first-order chi connectivity index (χ1) is 9.62. The van der Waals surface area contributed by atoms with Gasteiger partial charge in [0.05, 0.1) is 0 Å². The highest BCUT2D eigenvalue weighted by molar-refractivity contribution is 5.62. The van der Waals surface area contributed by atoms with Crippen LogP contribution in [0.15, 0.2) is 24.3 Å². The van der Waals surface area contributed by atoms with Crippen molar-refractivity contribution in [2.75, 3.05) is 17.2 Å². The van der Waals surface area contributed by atoms with Crippen molar-refractivity contribution < 1.29 is 0 Å². The summed E-state index contributed by atoms with van der Waals surface area (Å²) in [7, 11) is 0. The third kappa shape index (κ3) is 3.47. The number of nitrogens with one attached hydrogen (secondary N) is 2. The van der Waals surface area contributed by atoms with E-state index in [0.29, 0.717) is 0 Å². The van der Waals surface area contributed by atoms with Crippen LogP contribution >= 0.6 is 0 Å². The molecule has 0 aliphatic rings. The lowest BCUT2D eigenvalue weighted by atomic mass is 10.1. The summed E-state index contributed by atoms with van der Waals surface area (Å²) in [5.41, 5.74) is 3.56. The van der Waals surface area contributed by atoms with Crippen LogP contribution in [0.2, 0.25) is 0 Å². The van der Waals surface area contributed by atoms with Crippen molar-refractivity contribution in [1.29, 1.82) is 0 Å². The highest BCUT2D eigenvalue weighted by Crippen LogP contribution is 2.21. The van der Waals surface area contributed by atoms with Crippen LogP contribution in [0.5, 0.6) is 0 Å². The Morgan fingerprint density at radius 3 is 2.40 bits per heavy atom. The van der Waals surface area contributed by atoms with E-state index in [0.717, 1.165) is 36.1 Å². The fourth-order valence-corrected chi connectivity index (χ4v) is 2.08. The summed E-state index contributed by atoms with van der Waals surface area (Å²) in [6, 6.07) is 8.30. The fourth-order valence-electron chi connectivity index (χ4n) is 2.08. The Kier molecular flexibility index (Phi) is 4.56. The summed E-state index contributed by atoms with van der Waals surface area (Å²) in [6.07, 6.45) is 0.820. The monoisotopic (exact) mass is 270 g/mol. The molecule has 0 spiro atoms. The number of hydrogen-bond donors (Lipinski definition) is 2. The van der Waals surface area contributed by atoms with Gasteiger partial charge in [-0.25, -0.2) is 9.97 Å². The predicted molar refractivity (Wildman–Crippen MR) is 84.8 cm³/mol. The summed E-state index contributed by atoms with van der Waals surface area (Å²) in [5, 5.41) is 6.62. The molecule has 0 aliphatic heterocycles. The van der Waals surface area contributed by atoms with Crippen molar-refractivity contribution >= 4 is 17.3 Å². The van der Waals surface area contributed by atoms with Crippen LogP contribution in [0.25, 0.3) is 0 Å². The number of hydrogen-bond acceptors (Lipinski definition) is 4. The molecular weight excluding hydrogens is 248 g/mol. The van der Waals surface area contributed by atoms with Gasteiger partial charge in [0.25, 0.3) is 0 Å². The lowest BCUT2D eigenvalue weighted by Crippen LogP contribution is -2.06. The van der Waals surface area contributed by atoms with E-state index in [9.17, 15) is 0 Å². The Balaban J connectivity index is 2.29. The van der Waals surface area contributed by atoms with Crippen molar-refractivity contribution in [2.45, 2.75) is 34.1 Å². The normalized spacial score (nSPS) is 10.4. The van der Waals surface area contributed by atoms with Crippen LogP contribution in [0, 0.1) is 13.8 Å². The summed E-state index contributed by atoms with van der Waals surface area (Å²) in [5.74, 6) is 2.54. The fraction of sp³-hybridized carbons (Fsp3) is 0.375. The molecule has 2 aromatic rings. The standard InChI is InChI=1S/C16H22N4/c1-5-14-19-15(17-6-2)10-16(20-14)18-13-8-7-11(3)9-12(13)4/h7-10H,5-6H2,1-4H3,(H2,17,18,19,20). The molecule has 2 rings (SSSR count). The van der Waals surface area contributed by atoms with Crippen LogP contribution in [-0.4, -0.2) is 16.5 Å². The molecule has 2 N–H and O–H groups in total. The smallest absolute Gasteiger partial charge is 0.136 e. The topological polar surface area (TPSA) is 49.8 Å². The van der Waals surface area contributed by atoms with Crippen molar-refractivity contribution in [3.05, 3.63) is 41.2 Å². The van der Waals surface area contributed by atoms with Gasteiger partial charge in [0.15, 0.2) is 0 Å². The summed E-state index contributed by atoms with van der Waals surface area (Å²) < 4.78 is 0. The number of nitrogens with zero attached hydrogens (tertiary/aromatic N) is 2. The Hall–Kier alpha value is -2.10. The number of aromatic nitrogens is 2. The molecule has 4 heteroatoms. The second kappa shape index (κ2) is 6.37. The van der Waals surface area contributed by atoms with Gasteiger partial charge in [-0.3, -0.25) is 0 Å². The minimum atomic E-state index is 0.820. The van der Waals surface area contributed by atoms with E-state index in [2.05, 4.69) is 66.5 Å². The first kappa shape index (κ1) is 14.3. The van der Waals surface area contributed by atoms with E-state index in [4.69, 9.17) is 0 Å². The molecule has 1 heterocycles. The van der Waals surface area contributed by atoms with Crippen molar-refractivity contribution in [3.63, 3.8) is 0 Å². The second-order valence-corrected chi connectivity index (χ2v) is 4.88. The van der Waals surface area contributed by atoms with Gasteiger partial charge in [-0.05, 0) is 32.4 Å². The van der Waals surface area contributed by atoms with E-state index in [1.807, 2.05) is 6.07 Å². The molecule has 0 aliphatic carbocycles. The van der Waals surface area contributed by atoms with Crippen molar-refractivity contribution in [1.82, 2.24) is 9.97 Å². The van der Waals surface area contributed by atoms with Gasteiger partial charge in [0.1, 0.15) is 17.5 Å². The van der Waals surface area contributed by atoms with E-state index < -0.39 is 0 Å². The highest BCUT2D eigenvalue weighted by Gasteiger charge is 2.05. The summed E-state index contributed by atoms with van der Waals surface area (Å²) in [6.45, 7) is 9.17. The molecule has 0 amide bonds. The molecule has 0 saturated heterocycles. The Morgan fingerprint density at radius 1 is 1.00 bits per heavy atom. The van der Waals surface area contributed by atoms with Crippen LogP contribution in [0.4, 0.5) is 17.3 Å². The van der Waals surface area contributed by atoms with Crippen LogP contribution in [0.3, 0.4) is 0 Å².